The molecule has 1 aromatic carbocycles. The molecule has 0 amide bonds. The predicted octanol–water partition coefficient (Wildman–Crippen LogP) is 4.16. The van der Waals surface area contributed by atoms with Crippen LogP contribution < -0.4 is 14.8 Å². The standard InChI is InChI=1S/C15H24BrNO2/c1-6-10(3)15(17-7-2)11-8-13(18-4)14(19-5)9-12(11)16/h8-10,15,17H,6-7H2,1-5H3. The fourth-order valence-electron chi connectivity index (χ4n) is 2.18. The van der Waals surface area contributed by atoms with E-state index < -0.39 is 0 Å². The third kappa shape index (κ3) is 3.86. The van der Waals surface area contributed by atoms with Gasteiger partial charge < -0.3 is 14.8 Å². The summed E-state index contributed by atoms with van der Waals surface area (Å²) in [7, 11) is 3.32. The van der Waals surface area contributed by atoms with Crippen LogP contribution in [-0.2, 0) is 0 Å². The smallest absolute Gasteiger partial charge is 0.161 e. The van der Waals surface area contributed by atoms with Gasteiger partial charge in [-0.25, -0.2) is 0 Å². The van der Waals surface area contributed by atoms with Crippen LogP contribution >= 0.6 is 15.9 Å². The van der Waals surface area contributed by atoms with Crippen LogP contribution in [0.15, 0.2) is 16.6 Å². The average molecular weight is 330 g/mol. The summed E-state index contributed by atoms with van der Waals surface area (Å²) in [6.07, 6.45) is 1.12. The molecule has 1 aromatic rings. The van der Waals surface area contributed by atoms with Crippen LogP contribution in [0.3, 0.4) is 0 Å². The molecule has 0 aromatic heterocycles. The minimum absolute atomic E-state index is 0.309. The van der Waals surface area contributed by atoms with Crippen molar-refractivity contribution in [2.24, 2.45) is 5.92 Å². The summed E-state index contributed by atoms with van der Waals surface area (Å²) in [5, 5.41) is 3.55. The molecule has 2 unspecified atom stereocenters. The van der Waals surface area contributed by atoms with Crippen molar-refractivity contribution >= 4 is 15.9 Å². The molecule has 4 heteroatoms. The van der Waals surface area contributed by atoms with Gasteiger partial charge in [0.25, 0.3) is 0 Å². The highest BCUT2D eigenvalue weighted by atomic mass is 79.9. The van der Waals surface area contributed by atoms with Gasteiger partial charge in [0, 0.05) is 10.5 Å². The normalized spacial score (nSPS) is 14.0. The lowest BCUT2D eigenvalue weighted by Crippen LogP contribution is -2.27. The molecule has 0 aliphatic heterocycles. The molecule has 0 fully saturated rings. The first-order valence-electron chi connectivity index (χ1n) is 6.73. The van der Waals surface area contributed by atoms with E-state index in [2.05, 4.69) is 48.1 Å². The van der Waals surface area contributed by atoms with Crippen molar-refractivity contribution < 1.29 is 9.47 Å². The highest BCUT2D eigenvalue weighted by molar-refractivity contribution is 9.10. The van der Waals surface area contributed by atoms with Gasteiger partial charge in [-0.05, 0) is 30.2 Å². The van der Waals surface area contributed by atoms with Gasteiger partial charge in [-0.15, -0.1) is 0 Å². The van der Waals surface area contributed by atoms with E-state index in [4.69, 9.17) is 9.47 Å². The van der Waals surface area contributed by atoms with Gasteiger partial charge >= 0.3 is 0 Å². The van der Waals surface area contributed by atoms with Crippen molar-refractivity contribution in [2.75, 3.05) is 20.8 Å². The molecule has 0 saturated heterocycles. The minimum Gasteiger partial charge on any atom is -0.493 e. The third-order valence-electron chi connectivity index (χ3n) is 3.47. The van der Waals surface area contributed by atoms with Gasteiger partial charge in [0.1, 0.15) is 0 Å². The molecular weight excluding hydrogens is 306 g/mol. The topological polar surface area (TPSA) is 30.5 Å². The molecule has 0 radical (unpaired) electrons. The highest BCUT2D eigenvalue weighted by Gasteiger charge is 2.21. The van der Waals surface area contributed by atoms with Crippen molar-refractivity contribution in [1.82, 2.24) is 5.32 Å². The molecule has 0 spiro atoms. The Morgan fingerprint density at radius 1 is 1.16 bits per heavy atom. The Hall–Kier alpha value is -0.740. The van der Waals surface area contributed by atoms with Crippen LogP contribution in [0.4, 0.5) is 0 Å². The van der Waals surface area contributed by atoms with E-state index >= 15 is 0 Å². The summed E-state index contributed by atoms with van der Waals surface area (Å²) in [6.45, 7) is 7.54. The lowest BCUT2D eigenvalue weighted by molar-refractivity contribution is 0.349. The van der Waals surface area contributed by atoms with Crippen molar-refractivity contribution in [3.05, 3.63) is 22.2 Å². The van der Waals surface area contributed by atoms with Crippen molar-refractivity contribution in [3.63, 3.8) is 0 Å². The summed E-state index contributed by atoms with van der Waals surface area (Å²) >= 11 is 3.64. The Bertz CT molecular complexity index is 409. The van der Waals surface area contributed by atoms with Gasteiger partial charge in [-0.3, -0.25) is 0 Å². The number of hydrogen-bond donors (Lipinski definition) is 1. The Labute approximate surface area is 124 Å². The fraction of sp³-hybridized carbons (Fsp3) is 0.600. The molecule has 0 saturated carbocycles. The molecule has 2 atom stereocenters. The maximum atomic E-state index is 5.40. The minimum atomic E-state index is 0.309. The van der Waals surface area contributed by atoms with Crippen LogP contribution in [0.2, 0.25) is 0 Å². The summed E-state index contributed by atoms with van der Waals surface area (Å²) in [5.74, 6) is 2.07. The van der Waals surface area contributed by atoms with Gasteiger partial charge in [0.2, 0.25) is 0 Å². The third-order valence-corrected chi connectivity index (χ3v) is 4.16. The second-order valence-corrected chi connectivity index (χ2v) is 5.50. The summed E-state index contributed by atoms with van der Waals surface area (Å²) in [4.78, 5) is 0. The van der Waals surface area contributed by atoms with E-state index in [1.165, 1.54) is 5.56 Å². The maximum absolute atomic E-state index is 5.40. The van der Waals surface area contributed by atoms with Gasteiger partial charge in [-0.1, -0.05) is 43.1 Å². The van der Waals surface area contributed by atoms with E-state index in [9.17, 15) is 0 Å². The van der Waals surface area contributed by atoms with E-state index in [1.807, 2.05) is 6.07 Å². The molecule has 0 heterocycles. The van der Waals surface area contributed by atoms with Crippen LogP contribution in [0.25, 0.3) is 0 Å². The van der Waals surface area contributed by atoms with Crippen LogP contribution in [0, 0.1) is 5.92 Å². The van der Waals surface area contributed by atoms with Crippen molar-refractivity contribution in [1.29, 1.82) is 0 Å². The molecule has 108 valence electrons. The molecule has 1 rings (SSSR count). The molecule has 0 aliphatic carbocycles. The lowest BCUT2D eigenvalue weighted by atomic mass is 9.92. The zero-order valence-electron chi connectivity index (χ0n) is 12.4. The van der Waals surface area contributed by atoms with Crippen LogP contribution in [-0.4, -0.2) is 20.8 Å². The number of benzene rings is 1. The Morgan fingerprint density at radius 3 is 2.21 bits per heavy atom. The second-order valence-electron chi connectivity index (χ2n) is 4.65. The maximum Gasteiger partial charge on any atom is 0.161 e. The Morgan fingerprint density at radius 2 is 1.74 bits per heavy atom. The van der Waals surface area contributed by atoms with E-state index in [-0.39, 0.29) is 0 Å². The monoisotopic (exact) mass is 329 g/mol. The molecule has 0 bridgehead atoms. The average Bonchev–Trinajstić information content (AvgIpc) is 2.44. The fourth-order valence-corrected chi connectivity index (χ4v) is 2.75. The van der Waals surface area contributed by atoms with Crippen LogP contribution in [0.1, 0.15) is 38.8 Å². The van der Waals surface area contributed by atoms with Crippen molar-refractivity contribution in [3.8, 4) is 11.5 Å². The van der Waals surface area contributed by atoms with Crippen molar-refractivity contribution in [2.45, 2.75) is 33.2 Å². The van der Waals surface area contributed by atoms with E-state index in [0.717, 1.165) is 28.9 Å². The number of methoxy groups -OCH3 is 2. The summed E-state index contributed by atoms with van der Waals surface area (Å²) in [6, 6.07) is 4.34. The lowest BCUT2D eigenvalue weighted by Gasteiger charge is -2.26. The highest BCUT2D eigenvalue weighted by Crippen LogP contribution is 2.38. The predicted molar refractivity (Wildman–Crippen MR) is 83.1 cm³/mol. The summed E-state index contributed by atoms with van der Waals surface area (Å²) in [5.41, 5.74) is 1.22. The summed E-state index contributed by atoms with van der Waals surface area (Å²) < 4.78 is 11.8. The first-order valence-corrected chi connectivity index (χ1v) is 7.53. The van der Waals surface area contributed by atoms with Crippen LogP contribution in [0.5, 0.6) is 11.5 Å². The van der Waals surface area contributed by atoms with Gasteiger partial charge in [0.05, 0.1) is 14.2 Å². The number of hydrogen-bond acceptors (Lipinski definition) is 3. The number of ether oxygens (including phenoxy) is 2. The molecule has 1 N–H and O–H groups in total. The number of rotatable bonds is 7. The number of halogens is 1. The molecular formula is C15H24BrNO2. The molecule has 19 heavy (non-hydrogen) atoms. The second kappa shape index (κ2) is 7.75. The Kier molecular flexibility index (Phi) is 6.66. The Balaban J connectivity index is 3.22. The first-order chi connectivity index (χ1) is 9.08. The SMILES string of the molecule is CCNC(c1cc(OC)c(OC)cc1Br)C(C)CC. The quantitative estimate of drug-likeness (QED) is 0.814. The number of nitrogens with one attached hydrogen (secondary N) is 1. The van der Waals surface area contributed by atoms with E-state index in [1.54, 1.807) is 14.2 Å². The first kappa shape index (κ1) is 16.3. The van der Waals surface area contributed by atoms with Gasteiger partial charge in [-0.2, -0.15) is 0 Å². The largest absolute Gasteiger partial charge is 0.493 e. The van der Waals surface area contributed by atoms with Gasteiger partial charge in [0.15, 0.2) is 11.5 Å². The van der Waals surface area contributed by atoms with E-state index in [0.29, 0.717) is 12.0 Å². The molecule has 0 aliphatic rings. The molecule has 3 nitrogen and oxygen atoms in total. The zero-order chi connectivity index (χ0) is 14.4. The zero-order valence-corrected chi connectivity index (χ0v) is 14.0.